The number of hydrogen-bond donors (Lipinski definition) is 0. The molecule has 0 bridgehead atoms. The first-order valence-electron chi connectivity index (χ1n) is 0. The van der Waals surface area contributed by atoms with Crippen LogP contribution in [0.3, 0.4) is 0 Å². The molecule has 0 aliphatic heterocycles. The van der Waals surface area contributed by atoms with Gasteiger partial charge in [0, 0.05) is 20.1 Å². The van der Waals surface area contributed by atoms with Crippen molar-refractivity contribution in [2.24, 2.45) is 0 Å². The van der Waals surface area contributed by atoms with Crippen molar-refractivity contribution < 1.29 is 36.5 Å². The summed E-state index contributed by atoms with van der Waals surface area (Å²) < 4.78 is 0. The second kappa shape index (κ2) is 51.3. The van der Waals surface area contributed by atoms with Crippen LogP contribution in [0.5, 0.6) is 0 Å². The average molecular weight is 447 g/mol. The molecule has 0 atom stereocenters. The molecule has 5 heteroatoms. The minimum Gasteiger partial charge on any atom is -2.00 e. The Hall–Kier alpha value is 1.45. The summed E-state index contributed by atoms with van der Waals surface area (Å²) in [5.41, 5.74) is 0. The molecule has 0 fully saturated rings. The molecule has 3 nitrogen and oxygen atoms in total. The molecule has 0 spiro atoms. The first-order chi connectivity index (χ1) is 0. The zero-order valence-electron chi connectivity index (χ0n) is 2.06. The number of hydrogen-bond acceptors (Lipinski definition) is 0. The second-order valence-electron chi connectivity index (χ2n) is 0. The molecule has 0 aromatic heterocycles. The molecule has 0 rings (SSSR count). The van der Waals surface area contributed by atoms with Gasteiger partial charge in [-0.25, -0.2) is 0 Å². The van der Waals surface area contributed by atoms with E-state index in [-0.39, 0.29) is 63.8 Å². The molecule has 0 N–H and O–H groups in total. The van der Waals surface area contributed by atoms with Gasteiger partial charge in [0.05, 0.1) is 0 Å². The topological polar surface area (TPSA) is 85.5 Å². The molecule has 0 aromatic carbocycles. The molecule has 0 aromatic rings. The maximum absolute atomic E-state index is 0. The summed E-state index contributed by atoms with van der Waals surface area (Å²) in [6.07, 6.45) is 0. The molecular formula is IrO3Pb-4. The van der Waals surface area contributed by atoms with E-state index >= 15 is 0 Å². The minimum atomic E-state index is 0. The summed E-state index contributed by atoms with van der Waals surface area (Å²) in [7, 11) is 0. The Morgan fingerprint density at radius 3 is 0.600 bits per heavy atom. The van der Waals surface area contributed by atoms with Crippen LogP contribution >= 0.6 is 0 Å². The van der Waals surface area contributed by atoms with E-state index < -0.39 is 0 Å². The van der Waals surface area contributed by atoms with E-state index in [0.717, 1.165) is 0 Å². The monoisotopic (exact) mass is 449 g/mol. The molecule has 5 heavy (non-hydrogen) atoms. The van der Waals surface area contributed by atoms with Crippen molar-refractivity contribution in [1.82, 2.24) is 0 Å². The fourth-order valence-corrected chi connectivity index (χ4v) is 0. The van der Waals surface area contributed by atoms with Crippen LogP contribution in [-0.4, -0.2) is 27.3 Å². The van der Waals surface area contributed by atoms with Gasteiger partial charge in [-0.3, -0.25) is 0 Å². The van der Waals surface area contributed by atoms with Crippen LogP contribution in [0.15, 0.2) is 0 Å². The number of rotatable bonds is 0. The standard InChI is InChI=1S/Ir.3O.Pb/q;3*-2;+2. The van der Waals surface area contributed by atoms with E-state index in [0.29, 0.717) is 0 Å². The Balaban J connectivity index is 0. The fraction of sp³-hybridized carbons (Fsp3) is 0. The molecule has 0 saturated heterocycles. The SMILES string of the molecule is [Ir].[O-2].[O-2].[O-2].[Pb+2]. The van der Waals surface area contributed by atoms with Gasteiger partial charge in [0.15, 0.2) is 0 Å². The summed E-state index contributed by atoms with van der Waals surface area (Å²) in [6, 6.07) is 0. The van der Waals surface area contributed by atoms with Gasteiger partial charge >= 0.3 is 27.3 Å². The quantitative estimate of drug-likeness (QED) is 0.439. The minimum absolute atomic E-state index is 0. The predicted molar refractivity (Wildman–Crippen MR) is 7.81 cm³/mol. The molecule has 35 valence electrons. The Labute approximate surface area is 63.6 Å². The maximum Gasteiger partial charge on any atom is 2.00 e. The Kier molecular flexibility index (Phi) is 933. The van der Waals surface area contributed by atoms with Gasteiger partial charge in [-0.1, -0.05) is 0 Å². The normalized spacial score (nSPS) is 0. The Bertz CT molecular complexity index is 6.85. The molecule has 0 unspecified atom stereocenters. The summed E-state index contributed by atoms with van der Waals surface area (Å²) in [6.45, 7) is 0. The van der Waals surface area contributed by atoms with Gasteiger partial charge in [-0.15, -0.1) is 0 Å². The van der Waals surface area contributed by atoms with Gasteiger partial charge < -0.3 is 16.4 Å². The van der Waals surface area contributed by atoms with Crippen LogP contribution in [0.1, 0.15) is 0 Å². The van der Waals surface area contributed by atoms with Crippen molar-refractivity contribution in [1.29, 1.82) is 0 Å². The third-order valence-corrected chi connectivity index (χ3v) is 0. The first kappa shape index (κ1) is 91.0. The summed E-state index contributed by atoms with van der Waals surface area (Å²) >= 11 is 0. The van der Waals surface area contributed by atoms with E-state index in [4.69, 9.17) is 0 Å². The molecule has 0 aliphatic rings. The van der Waals surface area contributed by atoms with Crippen molar-refractivity contribution >= 4 is 27.3 Å². The molecule has 0 aliphatic carbocycles. The predicted octanol–water partition coefficient (Wildman–Crippen LogP) is -0.740. The zero-order chi connectivity index (χ0) is 0. The van der Waals surface area contributed by atoms with Crippen molar-refractivity contribution in [2.45, 2.75) is 0 Å². The van der Waals surface area contributed by atoms with E-state index in [1.807, 2.05) is 0 Å². The fourth-order valence-electron chi connectivity index (χ4n) is 0. The second-order valence-corrected chi connectivity index (χ2v) is 0. The van der Waals surface area contributed by atoms with E-state index in [1.54, 1.807) is 0 Å². The van der Waals surface area contributed by atoms with Gasteiger partial charge in [0.1, 0.15) is 0 Å². The molecule has 0 amide bonds. The third kappa shape index (κ3) is 30.8. The average Bonchev–Trinajstić information content (AvgIpc) is 0. The third-order valence-electron chi connectivity index (χ3n) is 0. The van der Waals surface area contributed by atoms with Crippen LogP contribution in [-0.2, 0) is 36.5 Å². The molecule has 0 heterocycles. The largest absolute Gasteiger partial charge is 2.00 e. The Morgan fingerprint density at radius 1 is 0.600 bits per heavy atom. The Morgan fingerprint density at radius 2 is 0.600 bits per heavy atom. The van der Waals surface area contributed by atoms with E-state index in [1.165, 1.54) is 0 Å². The molecule has 3 radical (unpaired) electrons. The van der Waals surface area contributed by atoms with Crippen molar-refractivity contribution in [3.05, 3.63) is 0 Å². The first-order valence-corrected chi connectivity index (χ1v) is 0. The van der Waals surface area contributed by atoms with E-state index in [2.05, 4.69) is 0 Å². The van der Waals surface area contributed by atoms with Crippen LogP contribution in [0, 0.1) is 0 Å². The van der Waals surface area contributed by atoms with Crippen LogP contribution in [0.2, 0.25) is 0 Å². The van der Waals surface area contributed by atoms with E-state index in [9.17, 15) is 0 Å². The van der Waals surface area contributed by atoms with Crippen LogP contribution < -0.4 is 0 Å². The van der Waals surface area contributed by atoms with Crippen LogP contribution in [0.25, 0.3) is 0 Å². The molecular weight excluding hydrogens is 447 g/mol. The summed E-state index contributed by atoms with van der Waals surface area (Å²) in [5, 5.41) is 0. The van der Waals surface area contributed by atoms with Gasteiger partial charge in [0.25, 0.3) is 0 Å². The van der Waals surface area contributed by atoms with Gasteiger partial charge in [-0.05, 0) is 0 Å². The van der Waals surface area contributed by atoms with Gasteiger partial charge in [-0.2, -0.15) is 0 Å². The summed E-state index contributed by atoms with van der Waals surface area (Å²) in [4.78, 5) is 0. The van der Waals surface area contributed by atoms with Crippen molar-refractivity contribution in [3.63, 3.8) is 0 Å². The van der Waals surface area contributed by atoms with Crippen LogP contribution in [0.4, 0.5) is 0 Å². The molecule has 0 saturated carbocycles. The maximum atomic E-state index is 0. The zero-order valence-corrected chi connectivity index (χ0v) is 8.34. The van der Waals surface area contributed by atoms with Gasteiger partial charge in [0.2, 0.25) is 0 Å². The summed E-state index contributed by atoms with van der Waals surface area (Å²) in [5.74, 6) is 0. The van der Waals surface area contributed by atoms with Crippen molar-refractivity contribution in [3.8, 4) is 0 Å². The van der Waals surface area contributed by atoms with Crippen molar-refractivity contribution in [2.75, 3.05) is 0 Å². The smallest absolute Gasteiger partial charge is 2.00 e.